The van der Waals surface area contributed by atoms with Gasteiger partial charge in [-0.2, -0.15) is 0 Å². The topological polar surface area (TPSA) is 59.8 Å². The van der Waals surface area contributed by atoms with E-state index < -0.39 is 5.91 Å². The van der Waals surface area contributed by atoms with Crippen LogP contribution in [-0.2, 0) is 15.3 Å². The quantitative estimate of drug-likeness (QED) is 0.414. The highest BCUT2D eigenvalue weighted by atomic mass is 35.5. The number of thioether (sulfide) groups is 1. The maximum absolute atomic E-state index is 13.5. The minimum Gasteiger partial charge on any atom is -0.489 e. The molecule has 3 aromatic rings. The molecule has 0 N–H and O–H groups in total. The number of anilines is 1. The number of nitrogens with zero attached hydrogens (tertiary/aromatic N) is 1. The summed E-state index contributed by atoms with van der Waals surface area (Å²) in [6, 6.07) is 17.6. The van der Waals surface area contributed by atoms with Gasteiger partial charge in [0.15, 0.2) is 0 Å². The lowest BCUT2D eigenvalue weighted by Gasteiger charge is -2.20. The molecule has 0 fully saturated rings. The molecule has 158 valence electrons. The Kier molecular flexibility index (Phi) is 6.20. The Morgan fingerprint density at radius 1 is 1.00 bits per heavy atom. The van der Waals surface area contributed by atoms with Crippen molar-refractivity contribution in [2.24, 2.45) is 0 Å². The highest BCUT2D eigenvalue weighted by Crippen LogP contribution is 2.42. The number of rotatable bonds is 7. The third-order valence-corrected chi connectivity index (χ3v) is 5.93. The first-order chi connectivity index (χ1) is 15.0. The van der Waals surface area contributed by atoms with E-state index in [0.29, 0.717) is 38.3 Å². The van der Waals surface area contributed by atoms with E-state index in [-0.39, 0.29) is 12.0 Å². The minimum absolute atomic E-state index is 0.106. The van der Waals surface area contributed by atoms with E-state index in [2.05, 4.69) is 0 Å². The number of carbonyl (C=O) groups excluding carboxylic acids is 2. The van der Waals surface area contributed by atoms with Crippen LogP contribution in [0.15, 0.2) is 76.2 Å². The molecule has 4 rings (SSSR count). The number of ether oxygens (including phenoxy) is 1. The zero-order valence-corrected chi connectivity index (χ0v) is 18.6. The van der Waals surface area contributed by atoms with E-state index >= 15 is 0 Å². The van der Waals surface area contributed by atoms with E-state index in [1.165, 1.54) is 16.7 Å². The van der Waals surface area contributed by atoms with E-state index in [0.717, 1.165) is 5.76 Å². The number of furan rings is 1. The fourth-order valence-corrected chi connectivity index (χ4v) is 4.41. The van der Waals surface area contributed by atoms with Gasteiger partial charge in [-0.15, -0.1) is 11.8 Å². The van der Waals surface area contributed by atoms with Crippen LogP contribution >= 0.6 is 23.4 Å². The maximum Gasteiger partial charge on any atom is 0.272 e. The molecule has 1 aliphatic rings. The highest BCUT2D eigenvalue weighted by molar-refractivity contribution is 8.03. The molecule has 5 nitrogen and oxygen atoms in total. The summed E-state index contributed by atoms with van der Waals surface area (Å²) < 4.78 is 11.3. The molecule has 0 aliphatic carbocycles. The average Bonchev–Trinajstić information content (AvgIpc) is 3.34. The van der Waals surface area contributed by atoms with Gasteiger partial charge in [-0.25, -0.2) is 4.90 Å². The van der Waals surface area contributed by atoms with E-state index in [4.69, 9.17) is 20.8 Å². The van der Waals surface area contributed by atoms with Crippen molar-refractivity contribution in [3.8, 4) is 5.75 Å². The van der Waals surface area contributed by atoms with Crippen LogP contribution in [0.5, 0.6) is 5.75 Å². The molecule has 0 atom stereocenters. The molecule has 2 heterocycles. The normalized spacial score (nSPS) is 14.1. The molecule has 0 saturated heterocycles. The van der Waals surface area contributed by atoms with Gasteiger partial charge < -0.3 is 9.15 Å². The smallest absolute Gasteiger partial charge is 0.272 e. The molecule has 0 saturated carbocycles. The Bertz CT molecular complexity index is 1140. The number of amides is 2. The molecule has 0 bridgehead atoms. The summed E-state index contributed by atoms with van der Waals surface area (Å²) in [5.41, 5.74) is 1.40. The molecule has 2 amide bonds. The molecule has 1 aliphatic heterocycles. The fraction of sp³-hybridized carbons (Fsp3) is 0.167. The number of para-hydroxylation sites is 2. The number of carbonyl (C=O) groups is 2. The van der Waals surface area contributed by atoms with Crippen LogP contribution in [0.25, 0.3) is 5.57 Å². The summed E-state index contributed by atoms with van der Waals surface area (Å²) in [7, 11) is 0. The predicted molar refractivity (Wildman–Crippen MR) is 123 cm³/mol. The molecular formula is C24H20ClNO4S. The Morgan fingerprint density at radius 2 is 1.74 bits per heavy atom. The second kappa shape index (κ2) is 9.04. The first kappa shape index (κ1) is 21.3. The van der Waals surface area contributed by atoms with Crippen LogP contribution in [0, 0.1) is 0 Å². The second-order valence-electron chi connectivity index (χ2n) is 7.16. The van der Waals surface area contributed by atoms with Crippen molar-refractivity contribution in [2.45, 2.75) is 25.7 Å². The van der Waals surface area contributed by atoms with Crippen LogP contribution in [-0.4, -0.2) is 17.9 Å². The van der Waals surface area contributed by atoms with Crippen molar-refractivity contribution in [3.63, 3.8) is 0 Å². The fourth-order valence-electron chi connectivity index (χ4n) is 3.27. The van der Waals surface area contributed by atoms with Crippen LogP contribution in [0.1, 0.15) is 25.2 Å². The molecule has 0 unspecified atom stereocenters. The molecule has 2 aromatic carbocycles. The van der Waals surface area contributed by atoms with Crippen molar-refractivity contribution < 1.29 is 18.7 Å². The largest absolute Gasteiger partial charge is 0.489 e. The van der Waals surface area contributed by atoms with Crippen molar-refractivity contribution in [2.75, 3.05) is 4.90 Å². The monoisotopic (exact) mass is 453 g/mol. The Hall–Kier alpha value is -2.96. The van der Waals surface area contributed by atoms with Gasteiger partial charge in [-0.1, -0.05) is 35.9 Å². The highest BCUT2D eigenvalue weighted by Gasteiger charge is 2.41. The summed E-state index contributed by atoms with van der Waals surface area (Å²) in [5.74, 6) is 0.846. The summed E-state index contributed by atoms with van der Waals surface area (Å²) in [6.45, 7) is 3.79. The van der Waals surface area contributed by atoms with Crippen molar-refractivity contribution in [1.82, 2.24) is 0 Å². The van der Waals surface area contributed by atoms with Crippen molar-refractivity contribution >= 4 is 46.4 Å². The number of halogens is 1. The third kappa shape index (κ3) is 4.40. The van der Waals surface area contributed by atoms with Gasteiger partial charge in [-0.3, -0.25) is 9.59 Å². The standard InChI is InChI=1S/C24H20ClNO4S/c1-15(2)30-20-8-4-3-7-19(20)26-23(27)21(16-9-11-17(25)12-10-16)22(24(26)28)31-14-18-6-5-13-29-18/h3-13,15H,14H2,1-2H3. The third-order valence-electron chi connectivity index (χ3n) is 4.58. The van der Waals surface area contributed by atoms with E-state index in [1.807, 2.05) is 26.0 Å². The summed E-state index contributed by atoms with van der Waals surface area (Å²) in [4.78, 5) is 28.6. The van der Waals surface area contributed by atoms with Gasteiger partial charge in [0.2, 0.25) is 0 Å². The van der Waals surface area contributed by atoms with Gasteiger partial charge in [0, 0.05) is 5.02 Å². The molecular weight excluding hydrogens is 434 g/mol. The number of hydrogen-bond donors (Lipinski definition) is 0. The van der Waals surface area contributed by atoms with E-state index in [1.54, 1.807) is 54.8 Å². The van der Waals surface area contributed by atoms with Gasteiger partial charge >= 0.3 is 0 Å². The second-order valence-corrected chi connectivity index (χ2v) is 8.58. The van der Waals surface area contributed by atoms with Gasteiger partial charge in [0.25, 0.3) is 11.8 Å². The Morgan fingerprint density at radius 3 is 2.42 bits per heavy atom. The van der Waals surface area contributed by atoms with Crippen molar-refractivity contribution in [1.29, 1.82) is 0 Å². The Balaban J connectivity index is 1.76. The van der Waals surface area contributed by atoms with Crippen LogP contribution in [0.3, 0.4) is 0 Å². The number of hydrogen-bond acceptors (Lipinski definition) is 5. The lowest BCUT2D eigenvalue weighted by atomic mass is 10.1. The maximum atomic E-state index is 13.5. The molecule has 0 radical (unpaired) electrons. The van der Waals surface area contributed by atoms with Gasteiger partial charge in [0.05, 0.1) is 34.3 Å². The van der Waals surface area contributed by atoms with Gasteiger partial charge in [-0.05, 0) is 55.8 Å². The summed E-state index contributed by atoms with van der Waals surface area (Å²) >= 11 is 7.31. The van der Waals surface area contributed by atoms with E-state index in [9.17, 15) is 9.59 Å². The molecule has 0 spiro atoms. The predicted octanol–water partition coefficient (Wildman–Crippen LogP) is 5.94. The number of benzene rings is 2. The molecule has 31 heavy (non-hydrogen) atoms. The first-order valence-corrected chi connectivity index (χ1v) is 11.1. The van der Waals surface area contributed by atoms with Crippen molar-refractivity contribution in [3.05, 3.63) is 88.2 Å². The zero-order valence-electron chi connectivity index (χ0n) is 17.0. The molecule has 7 heteroatoms. The first-order valence-electron chi connectivity index (χ1n) is 9.75. The minimum atomic E-state index is -0.394. The lowest BCUT2D eigenvalue weighted by molar-refractivity contribution is -0.119. The van der Waals surface area contributed by atoms with Crippen LogP contribution in [0.2, 0.25) is 5.02 Å². The SMILES string of the molecule is CC(C)Oc1ccccc1N1C(=O)C(SCc2ccco2)=C(c2ccc(Cl)cc2)C1=O. The lowest BCUT2D eigenvalue weighted by Crippen LogP contribution is -2.32. The van der Waals surface area contributed by atoms with Crippen LogP contribution < -0.4 is 9.64 Å². The summed E-state index contributed by atoms with van der Waals surface area (Å²) in [6.07, 6.45) is 1.48. The average molecular weight is 454 g/mol. The zero-order chi connectivity index (χ0) is 22.0. The number of imide groups is 1. The summed E-state index contributed by atoms with van der Waals surface area (Å²) in [5, 5.41) is 0.554. The Labute approximate surface area is 189 Å². The van der Waals surface area contributed by atoms with Gasteiger partial charge in [0.1, 0.15) is 11.5 Å². The molecule has 1 aromatic heterocycles. The van der Waals surface area contributed by atoms with Crippen LogP contribution in [0.4, 0.5) is 5.69 Å².